The Labute approximate surface area is 358 Å². The molecule has 8 rings (SSSR count). The third kappa shape index (κ3) is 9.14. The number of pyridine rings is 2. The average Bonchev–Trinajstić information content (AvgIpc) is 3.23. The number of ether oxygens (including phenoxy) is 4. The first-order chi connectivity index (χ1) is 29.3. The molecule has 8 heteroatoms. The summed E-state index contributed by atoms with van der Waals surface area (Å²) >= 11 is 0. The number of hydrogen-bond donors (Lipinski definition) is 0. The summed E-state index contributed by atoms with van der Waals surface area (Å²) < 4.78 is 24.3. The van der Waals surface area contributed by atoms with Crippen LogP contribution in [0.1, 0.15) is 104 Å². The van der Waals surface area contributed by atoms with E-state index in [4.69, 9.17) is 28.9 Å². The van der Waals surface area contributed by atoms with E-state index < -0.39 is 0 Å². The fourth-order valence-corrected chi connectivity index (χ4v) is 9.44. The van der Waals surface area contributed by atoms with Crippen LogP contribution in [0.25, 0.3) is 22.5 Å². The molecule has 316 valence electrons. The monoisotopic (exact) mass is 808 g/mol. The summed E-state index contributed by atoms with van der Waals surface area (Å²) in [5, 5.41) is 0. The Hall–Kier alpha value is -5.08. The lowest BCUT2D eigenvalue weighted by atomic mass is 9.77. The number of rotatable bonds is 17. The van der Waals surface area contributed by atoms with E-state index in [-0.39, 0.29) is 0 Å². The lowest BCUT2D eigenvalue weighted by Gasteiger charge is -2.40. The number of benzene rings is 3. The van der Waals surface area contributed by atoms with Gasteiger partial charge in [0.2, 0.25) is 0 Å². The molecule has 0 bridgehead atoms. The molecular formula is C52H64N4O4. The number of hydrogen-bond acceptors (Lipinski definition) is 8. The predicted octanol–water partition coefficient (Wildman–Crippen LogP) is 11.5. The third-order valence-corrected chi connectivity index (χ3v) is 13.5. The van der Waals surface area contributed by atoms with E-state index >= 15 is 0 Å². The van der Waals surface area contributed by atoms with Crippen LogP contribution < -0.4 is 23.8 Å². The molecule has 2 aliphatic carbocycles. The standard InChI is InChI=1S/C52H64N4O4/c1-7-11-45-50(58-5)29-42(30-51(45)59-6)52-40(16-10-22-54-52)33-56(44-18-17-35(2)48(31-44)60-34-37-12-8-13-37)43-20-24-55(25-21-43)32-38-19-23-53-47(26-38)41-27-46(39-14-9-15-39)36(3)49(28-41)57-4/h10,16-19,22-23,26-31,37,39,43H,7-9,11-15,20-21,24-25,32-34H2,1-6H3. The molecule has 8 nitrogen and oxygen atoms in total. The molecule has 0 spiro atoms. The summed E-state index contributed by atoms with van der Waals surface area (Å²) in [5.74, 6) is 4.94. The van der Waals surface area contributed by atoms with Gasteiger partial charge in [0.25, 0.3) is 0 Å². The highest BCUT2D eigenvalue weighted by Crippen LogP contribution is 2.43. The Morgan fingerprint density at radius 1 is 0.733 bits per heavy atom. The topological polar surface area (TPSA) is 69.2 Å². The van der Waals surface area contributed by atoms with Gasteiger partial charge in [-0.05, 0) is 147 Å². The van der Waals surface area contributed by atoms with E-state index in [0.29, 0.717) is 17.9 Å². The van der Waals surface area contributed by atoms with Gasteiger partial charge in [0.05, 0.1) is 39.3 Å². The highest BCUT2D eigenvalue weighted by Gasteiger charge is 2.28. The van der Waals surface area contributed by atoms with Gasteiger partial charge in [-0.3, -0.25) is 14.9 Å². The number of piperidine rings is 1. The van der Waals surface area contributed by atoms with Gasteiger partial charge in [0.15, 0.2) is 0 Å². The van der Waals surface area contributed by atoms with Crippen molar-refractivity contribution in [2.24, 2.45) is 5.92 Å². The van der Waals surface area contributed by atoms with Gasteiger partial charge in [-0.2, -0.15) is 0 Å². The summed E-state index contributed by atoms with van der Waals surface area (Å²) in [6.07, 6.45) is 15.5. The highest BCUT2D eigenvalue weighted by molar-refractivity contribution is 5.70. The van der Waals surface area contributed by atoms with Crippen LogP contribution in [-0.4, -0.2) is 61.9 Å². The van der Waals surface area contributed by atoms with Crippen LogP contribution in [0.5, 0.6) is 23.0 Å². The van der Waals surface area contributed by atoms with E-state index in [1.807, 2.05) is 12.4 Å². The van der Waals surface area contributed by atoms with Crippen molar-refractivity contribution < 1.29 is 18.9 Å². The highest BCUT2D eigenvalue weighted by atomic mass is 16.5. The van der Waals surface area contributed by atoms with Crippen LogP contribution in [0.15, 0.2) is 79.1 Å². The minimum absolute atomic E-state index is 0.338. The Balaban J connectivity index is 1.04. The first-order valence-electron chi connectivity index (χ1n) is 22.4. The molecule has 0 N–H and O–H groups in total. The number of nitrogens with zero attached hydrogens (tertiary/aromatic N) is 4. The Kier molecular flexibility index (Phi) is 13.3. The van der Waals surface area contributed by atoms with Crippen molar-refractivity contribution in [1.29, 1.82) is 0 Å². The van der Waals surface area contributed by atoms with Crippen LogP contribution in [0.3, 0.4) is 0 Å². The SMILES string of the molecule is CCCc1c(OC)cc(-c2ncccc2CN(c2ccc(C)c(OCC3CCC3)c2)C2CCN(Cc3ccnc(-c4cc(OC)c(C)c(C5CCC5)c4)c3)CC2)cc1OC. The molecule has 0 atom stereocenters. The zero-order valence-corrected chi connectivity index (χ0v) is 36.8. The maximum Gasteiger partial charge on any atom is 0.126 e. The Morgan fingerprint density at radius 3 is 2.13 bits per heavy atom. The second kappa shape index (κ2) is 19.1. The fourth-order valence-electron chi connectivity index (χ4n) is 9.44. The number of methoxy groups -OCH3 is 3. The van der Waals surface area contributed by atoms with E-state index in [9.17, 15) is 0 Å². The Bertz CT molecular complexity index is 2210. The lowest BCUT2D eigenvalue weighted by molar-refractivity contribution is 0.180. The normalized spacial score (nSPS) is 16.2. The average molecular weight is 809 g/mol. The first-order valence-corrected chi connectivity index (χ1v) is 22.4. The molecule has 2 aromatic heterocycles. The van der Waals surface area contributed by atoms with E-state index in [0.717, 1.165) is 110 Å². The van der Waals surface area contributed by atoms with E-state index in [1.165, 1.54) is 72.0 Å². The van der Waals surface area contributed by atoms with Crippen molar-refractivity contribution in [2.45, 2.75) is 110 Å². The Morgan fingerprint density at radius 2 is 1.47 bits per heavy atom. The number of likely N-dealkylation sites (tertiary alicyclic amines) is 1. The van der Waals surface area contributed by atoms with Crippen molar-refractivity contribution >= 4 is 5.69 Å². The van der Waals surface area contributed by atoms with Gasteiger partial charge in [-0.15, -0.1) is 0 Å². The van der Waals surface area contributed by atoms with Gasteiger partial charge in [0.1, 0.15) is 23.0 Å². The molecule has 1 saturated heterocycles. The molecule has 3 aliphatic rings. The first kappa shape index (κ1) is 41.6. The maximum atomic E-state index is 6.53. The quantitative estimate of drug-likeness (QED) is 0.0920. The lowest BCUT2D eigenvalue weighted by Crippen LogP contribution is -2.44. The largest absolute Gasteiger partial charge is 0.496 e. The zero-order chi connectivity index (χ0) is 41.6. The van der Waals surface area contributed by atoms with Crippen LogP contribution in [-0.2, 0) is 19.5 Å². The summed E-state index contributed by atoms with van der Waals surface area (Å²) in [6, 6.07) is 24.7. The maximum absolute atomic E-state index is 6.53. The van der Waals surface area contributed by atoms with Crippen LogP contribution in [0.4, 0.5) is 5.69 Å². The van der Waals surface area contributed by atoms with Crippen molar-refractivity contribution in [3.05, 3.63) is 113 Å². The van der Waals surface area contributed by atoms with E-state index in [1.54, 1.807) is 21.3 Å². The summed E-state index contributed by atoms with van der Waals surface area (Å²) in [7, 11) is 5.27. The molecule has 0 amide bonds. The van der Waals surface area contributed by atoms with Crippen molar-refractivity contribution in [1.82, 2.24) is 14.9 Å². The minimum atomic E-state index is 0.338. The van der Waals surface area contributed by atoms with Gasteiger partial charge < -0.3 is 23.8 Å². The van der Waals surface area contributed by atoms with Gasteiger partial charge in [-0.25, -0.2) is 0 Å². The summed E-state index contributed by atoms with van der Waals surface area (Å²) in [6.45, 7) is 11.0. The molecule has 0 unspecified atom stereocenters. The molecule has 0 radical (unpaired) electrons. The molecule has 2 saturated carbocycles. The van der Waals surface area contributed by atoms with Crippen LogP contribution in [0, 0.1) is 19.8 Å². The smallest absolute Gasteiger partial charge is 0.126 e. The minimum Gasteiger partial charge on any atom is -0.496 e. The van der Waals surface area contributed by atoms with Gasteiger partial charge in [-0.1, -0.05) is 38.3 Å². The van der Waals surface area contributed by atoms with Gasteiger partial charge in [0, 0.05) is 73.1 Å². The molecule has 1 aliphatic heterocycles. The zero-order valence-electron chi connectivity index (χ0n) is 36.8. The van der Waals surface area contributed by atoms with Crippen LogP contribution in [0.2, 0.25) is 0 Å². The summed E-state index contributed by atoms with van der Waals surface area (Å²) in [4.78, 5) is 15.1. The molecular weight excluding hydrogens is 745 g/mol. The molecule has 3 aromatic carbocycles. The molecule has 3 fully saturated rings. The number of aryl methyl sites for hydroxylation is 1. The molecule has 5 aromatic rings. The van der Waals surface area contributed by atoms with Crippen molar-refractivity contribution in [3.63, 3.8) is 0 Å². The number of aromatic nitrogens is 2. The molecule has 3 heterocycles. The summed E-state index contributed by atoms with van der Waals surface area (Å²) in [5.41, 5.74) is 12.7. The fraction of sp³-hybridized carbons (Fsp3) is 0.462. The second-order valence-corrected chi connectivity index (χ2v) is 17.4. The van der Waals surface area contributed by atoms with Crippen LogP contribution >= 0.6 is 0 Å². The van der Waals surface area contributed by atoms with E-state index in [2.05, 4.69) is 97.3 Å². The third-order valence-electron chi connectivity index (χ3n) is 13.5. The van der Waals surface area contributed by atoms with Crippen molar-refractivity contribution in [2.75, 3.05) is 45.9 Å². The predicted molar refractivity (Wildman–Crippen MR) is 243 cm³/mol. The number of anilines is 1. The van der Waals surface area contributed by atoms with Gasteiger partial charge >= 0.3 is 0 Å². The molecule has 60 heavy (non-hydrogen) atoms. The second-order valence-electron chi connectivity index (χ2n) is 17.4. The van der Waals surface area contributed by atoms with Crippen molar-refractivity contribution in [3.8, 4) is 45.5 Å².